The van der Waals surface area contributed by atoms with Crippen LogP contribution in [0.15, 0.2) is 27.4 Å². The standard InChI is InChI=1S/C10H9BrN4O2/c1-13-10(16)5-4-14-9(15-8(5)12)6-2-3-7(11)17-6/h2-4H,1H3,(H,13,16)(H2,12,14,15). The Labute approximate surface area is 105 Å². The minimum atomic E-state index is -0.324. The lowest BCUT2D eigenvalue weighted by molar-refractivity contribution is 0.0963. The molecular formula is C10H9BrN4O2. The van der Waals surface area contributed by atoms with Gasteiger partial charge in [-0.25, -0.2) is 9.97 Å². The highest BCUT2D eigenvalue weighted by Crippen LogP contribution is 2.23. The van der Waals surface area contributed by atoms with E-state index in [0.29, 0.717) is 16.3 Å². The van der Waals surface area contributed by atoms with E-state index in [4.69, 9.17) is 10.2 Å². The second-order valence-electron chi connectivity index (χ2n) is 3.18. The molecule has 0 aromatic carbocycles. The molecule has 0 aliphatic carbocycles. The first-order valence-corrected chi connectivity index (χ1v) is 5.51. The average molecular weight is 297 g/mol. The molecule has 7 heteroatoms. The number of halogens is 1. The molecule has 0 saturated heterocycles. The number of nitrogens with two attached hydrogens (primary N) is 1. The Balaban J connectivity index is 2.40. The van der Waals surface area contributed by atoms with Gasteiger partial charge in [-0.3, -0.25) is 4.79 Å². The Hall–Kier alpha value is -1.89. The molecule has 0 bridgehead atoms. The second kappa shape index (κ2) is 4.54. The number of nitrogens with one attached hydrogen (secondary N) is 1. The van der Waals surface area contributed by atoms with Gasteiger partial charge in [0.15, 0.2) is 16.3 Å². The summed E-state index contributed by atoms with van der Waals surface area (Å²) < 4.78 is 5.86. The van der Waals surface area contributed by atoms with Crippen molar-refractivity contribution in [2.75, 3.05) is 12.8 Å². The summed E-state index contributed by atoms with van der Waals surface area (Å²) in [6, 6.07) is 3.43. The predicted octanol–water partition coefficient (Wildman–Crippen LogP) is 1.44. The summed E-state index contributed by atoms with van der Waals surface area (Å²) in [6.45, 7) is 0. The number of hydrogen-bond donors (Lipinski definition) is 2. The maximum Gasteiger partial charge on any atom is 0.256 e. The first kappa shape index (κ1) is 11.6. The molecule has 2 aromatic heterocycles. The number of hydrogen-bond acceptors (Lipinski definition) is 5. The van der Waals surface area contributed by atoms with Crippen LogP contribution in [-0.4, -0.2) is 22.9 Å². The first-order chi connectivity index (χ1) is 8.11. The fraction of sp³-hybridized carbons (Fsp3) is 0.100. The lowest BCUT2D eigenvalue weighted by Gasteiger charge is -2.03. The third-order valence-corrected chi connectivity index (χ3v) is 2.51. The van der Waals surface area contributed by atoms with Gasteiger partial charge in [-0.15, -0.1) is 0 Å². The lowest BCUT2D eigenvalue weighted by atomic mass is 10.3. The summed E-state index contributed by atoms with van der Waals surface area (Å²) in [5, 5.41) is 2.46. The van der Waals surface area contributed by atoms with Gasteiger partial charge in [0.05, 0.1) is 5.56 Å². The van der Waals surface area contributed by atoms with E-state index in [1.165, 1.54) is 13.2 Å². The molecule has 2 heterocycles. The Kier molecular flexibility index (Phi) is 3.10. The number of amides is 1. The van der Waals surface area contributed by atoms with Gasteiger partial charge in [0, 0.05) is 13.2 Å². The molecule has 2 rings (SSSR count). The van der Waals surface area contributed by atoms with Crippen LogP contribution in [0.25, 0.3) is 11.6 Å². The van der Waals surface area contributed by atoms with E-state index in [1.807, 2.05) is 0 Å². The van der Waals surface area contributed by atoms with Crippen LogP contribution < -0.4 is 11.1 Å². The fourth-order valence-corrected chi connectivity index (χ4v) is 1.56. The molecule has 0 atom stereocenters. The van der Waals surface area contributed by atoms with Crippen molar-refractivity contribution in [2.45, 2.75) is 0 Å². The second-order valence-corrected chi connectivity index (χ2v) is 3.96. The number of aromatic nitrogens is 2. The van der Waals surface area contributed by atoms with Crippen LogP contribution >= 0.6 is 15.9 Å². The lowest BCUT2D eigenvalue weighted by Crippen LogP contribution is -2.20. The largest absolute Gasteiger partial charge is 0.446 e. The first-order valence-electron chi connectivity index (χ1n) is 4.72. The number of rotatable bonds is 2. The molecular weight excluding hydrogens is 288 g/mol. The van der Waals surface area contributed by atoms with Crippen molar-refractivity contribution < 1.29 is 9.21 Å². The molecule has 0 aliphatic rings. The molecule has 0 spiro atoms. The van der Waals surface area contributed by atoms with Crippen LogP contribution in [0.3, 0.4) is 0 Å². The van der Waals surface area contributed by atoms with Gasteiger partial charge in [-0.05, 0) is 28.1 Å². The highest BCUT2D eigenvalue weighted by molar-refractivity contribution is 9.10. The number of anilines is 1. The van der Waals surface area contributed by atoms with Crippen molar-refractivity contribution in [3.8, 4) is 11.6 Å². The quantitative estimate of drug-likeness (QED) is 0.874. The van der Waals surface area contributed by atoms with Crippen LogP contribution in [0, 0.1) is 0 Å². The summed E-state index contributed by atoms with van der Waals surface area (Å²) in [5.41, 5.74) is 5.91. The van der Waals surface area contributed by atoms with Gasteiger partial charge in [0.2, 0.25) is 0 Å². The van der Waals surface area contributed by atoms with E-state index in [-0.39, 0.29) is 17.3 Å². The predicted molar refractivity (Wildman–Crippen MR) is 65.2 cm³/mol. The molecule has 1 amide bonds. The van der Waals surface area contributed by atoms with Crippen molar-refractivity contribution in [3.63, 3.8) is 0 Å². The van der Waals surface area contributed by atoms with Crippen molar-refractivity contribution in [1.82, 2.24) is 15.3 Å². The molecule has 2 aromatic rings. The molecule has 0 saturated carbocycles. The number of nitrogens with zero attached hydrogens (tertiary/aromatic N) is 2. The van der Waals surface area contributed by atoms with E-state index < -0.39 is 0 Å². The minimum Gasteiger partial charge on any atom is -0.446 e. The molecule has 0 fully saturated rings. The van der Waals surface area contributed by atoms with E-state index in [2.05, 4.69) is 31.2 Å². The van der Waals surface area contributed by atoms with Crippen LogP contribution in [0.2, 0.25) is 0 Å². The number of nitrogen functional groups attached to an aromatic ring is 1. The van der Waals surface area contributed by atoms with E-state index in [9.17, 15) is 4.79 Å². The molecule has 0 unspecified atom stereocenters. The van der Waals surface area contributed by atoms with Crippen LogP contribution in [0.1, 0.15) is 10.4 Å². The van der Waals surface area contributed by atoms with Crippen LogP contribution in [-0.2, 0) is 0 Å². The number of carbonyl (C=O) groups excluding carboxylic acids is 1. The van der Waals surface area contributed by atoms with Crippen molar-refractivity contribution in [3.05, 3.63) is 28.6 Å². The van der Waals surface area contributed by atoms with Gasteiger partial charge in [-0.1, -0.05) is 0 Å². The zero-order valence-corrected chi connectivity index (χ0v) is 10.5. The maximum atomic E-state index is 11.4. The Morgan fingerprint density at radius 2 is 2.29 bits per heavy atom. The fourth-order valence-electron chi connectivity index (χ4n) is 1.26. The molecule has 3 N–H and O–H groups in total. The van der Waals surface area contributed by atoms with Crippen molar-refractivity contribution in [2.24, 2.45) is 0 Å². The minimum absolute atomic E-state index is 0.113. The summed E-state index contributed by atoms with van der Waals surface area (Å²) in [6.07, 6.45) is 1.37. The van der Waals surface area contributed by atoms with E-state index in [0.717, 1.165) is 0 Å². The Morgan fingerprint density at radius 3 is 2.82 bits per heavy atom. The molecule has 6 nitrogen and oxygen atoms in total. The maximum absolute atomic E-state index is 11.4. The molecule has 0 aliphatic heterocycles. The van der Waals surface area contributed by atoms with Crippen LogP contribution in [0.5, 0.6) is 0 Å². The van der Waals surface area contributed by atoms with Crippen LogP contribution in [0.4, 0.5) is 5.82 Å². The van der Waals surface area contributed by atoms with E-state index >= 15 is 0 Å². The van der Waals surface area contributed by atoms with Gasteiger partial charge in [-0.2, -0.15) is 0 Å². The highest BCUT2D eigenvalue weighted by atomic mass is 79.9. The summed E-state index contributed by atoms with van der Waals surface area (Å²) in [7, 11) is 1.51. The average Bonchev–Trinajstić information content (AvgIpc) is 2.75. The topological polar surface area (TPSA) is 94.0 Å². The van der Waals surface area contributed by atoms with Gasteiger partial charge >= 0.3 is 0 Å². The summed E-state index contributed by atoms with van der Waals surface area (Å²) >= 11 is 3.18. The van der Waals surface area contributed by atoms with Gasteiger partial charge < -0.3 is 15.5 Å². The van der Waals surface area contributed by atoms with Gasteiger partial charge in [0.1, 0.15) is 5.82 Å². The number of carbonyl (C=O) groups is 1. The zero-order valence-electron chi connectivity index (χ0n) is 8.90. The zero-order chi connectivity index (χ0) is 12.4. The third-order valence-electron chi connectivity index (χ3n) is 2.08. The highest BCUT2D eigenvalue weighted by Gasteiger charge is 2.13. The Morgan fingerprint density at radius 1 is 1.53 bits per heavy atom. The Bertz CT molecular complexity index is 567. The SMILES string of the molecule is CNC(=O)c1cnc(-c2ccc(Br)o2)nc1N. The summed E-state index contributed by atoms with van der Waals surface area (Å²) in [5.74, 6) is 0.601. The smallest absolute Gasteiger partial charge is 0.256 e. The molecule has 0 radical (unpaired) electrons. The third kappa shape index (κ3) is 2.28. The monoisotopic (exact) mass is 296 g/mol. The van der Waals surface area contributed by atoms with E-state index in [1.54, 1.807) is 12.1 Å². The van der Waals surface area contributed by atoms with Gasteiger partial charge in [0.25, 0.3) is 5.91 Å². The van der Waals surface area contributed by atoms with Crippen molar-refractivity contribution >= 4 is 27.7 Å². The van der Waals surface area contributed by atoms with Crippen molar-refractivity contribution in [1.29, 1.82) is 0 Å². The number of furan rings is 1. The summed E-state index contributed by atoms with van der Waals surface area (Å²) in [4.78, 5) is 19.4. The molecule has 17 heavy (non-hydrogen) atoms. The normalized spacial score (nSPS) is 10.2. The molecule has 88 valence electrons.